The fourth-order valence-electron chi connectivity index (χ4n) is 8.31. The minimum atomic E-state index is -1.17. The van der Waals surface area contributed by atoms with E-state index >= 15 is 0 Å². The molecule has 14 heteroatoms. The number of cyclic esters (lactones) is 1. The molecule has 4 heterocycles. The number of hydrogen-bond donors (Lipinski definition) is 3. The minimum absolute atomic E-state index is 0.0198. The molecule has 4 aliphatic rings. The Morgan fingerprint density at radius 3 is 2.42 bits per heavy atom. The Labute approximate surface area is 351 Å². The summed E-state index contributed by atoms with van der Waals surface area (Å²) in [5.41, 5.74) is -1.44. The van der Waals surface area contributed by atoms with Crippen LogP contribution in [0.25, 0.3) is 0 Å². The molecule has 0 aromatic rings. The number of methoxy groups -OCH3 is 1. The number of nitrogens with zero attached hydrogens (tertiary/aromatic N) is 3. The van der Waals surface area contributed by atoms with Crippen molar-refractivity contribution in [1.82, 2.24) is 9.80 Å². The van der Waals surface area contributed by atoms with E-state index < -0.39 is 47.7 Å². The van der Waals surface area contributed by atoms with Crippen molar-refractivity contribution in [2.75, 3.05) is 53.4 Å². The van der Waals surface area contributed by atoms with Gasteiger partial charge in [-0.2, -0.15) is 0 Å². The molecule has 14 nitrogen and oxygen atoms in total. The molecule has 0 spiro atoms. The predicted molar refractivity (Wildman–Crippen MR) is 223 cm³/mol. The zero-order valence-corrected chi connectivity index (χ0v) is 36.7. The van der Waals surface area contributed by atoms with Gasteiger partial charge in [-0.25, -0.2) is 4.79 Å². The molecule has 3 N–H and O–H groups in total. The highest BCUT2D eigenvalue weighted by Gasteiger charge is 2.47. The second-order valence-corrected chi connectivity index (χ2v) is 18.0. The first-order chi connectivity index (χ1) is 27.8. The van der Waals surface area contributed by atoms with E-state index in [2.05, 4.69) is 7.05 Å². The number of quaternary nitrogens is 1. The summed E-state index contributed by atoms with van der Waals surface area (Å²) in [5.74, 6) is -1.38. The number of unbranched alkanes of at least 4 members (excludes halogenated alkanes) is 3. The third-order valence-electron chi connectivity index (χ3n) is 12.8. The molecule has 332 valence electrons. The molecule has 59 heavy (non-hydrogen) atoms. The standard InChI is InChI=1S/C45H72N3O11/c1-9-35(50)33(4)42-36(57-42)30-44(5,55)21-14-15-31(2)41-32(3)16-17-37(45(6,56-8)22-20-34(49)29-40(53)59-41)58-43(54)46-24-27-48(7,28-25-46)26-13-11-10-12-23-47-38(51)18-19-39(47)52/h14-19,21,32-37,41-42,49-50,55H,9-13,20,22-30H2,1-8H3/q+1/b17-16+,21-14+,31-15+/t32-,33+,34+,35-,36-,37+,41+,42-,44-,45+/m0/s1. The normalized spacial score (nSPS) is 31.9. The Morgan fingerprint density at radius 2 is 1.78 bits per heavy atom. The van der Waals surface area contributed by atoms with Crippen LogP contribution >= 0.6 is 0 Å². The molecule has 0 aromatic carbocycles. The van der Waals surface area contributed by atoms with Gasteiger partial charge in [0.25, 0.3) is 11.8 Å². The zero-order valence-electron chi connectivity index (χ0n) is 36.7. The van der Waals surface area contributed by atoms with Gasteiger partial charge < -0.3 is 38.8 Å². The Bertz CT molecular complexity index is 1550. The van der Waals surface area contributed by atoms with Crippen molar-refractivity contribution in [3.8, 4) is 0 Å². The molecule has 2 saturated heterocycles. The average molecular weight is 831 g/mol. The lowest BCUT2D eigenvalue weighted by Gasteiger charge is -2.42. The SMILES string of the molecule is CC[C@H](O)[C@@H](C)[C@@H]1O[C@H]1C[C@@](C)(O)/C=C/C=C(\C)[C@H]1OC(=O)C[C@H](O)CC[C@@](C)(OC)[C@H](OC(=O)N2CC[N+](C)(CCCCCCN3C(=O)C=CC3=O)CC2)/C=C/[C@@H]1C. The number of ether oxygens (including phenoxy) is 4. The van der Waals surface area contributed by atoms with Crippen LogP contribution in [0.1, 0.15) is 99.3 Å². The predicted octanol–water partition coefficient (Wildman–Crippen LogP) is 4.61. The number of hydrogen-bond acceptors (Lipinski definition) is 11. The molecule has 4 rings (SSSR count). The van der Waals surface area contributed by atoms with Crippen LogP contribution in [0.5, 0.6) is 0 Å². The second-order valence-electron chi connectivity index (χ2n) is 18.0. The van der Waals surface area contributed by atoms with Crippen LogP contribution in [0.2, 0.25) is 0 Å². The number of aliphatic hydroxyl groups is 3. The number of likely N-dealkylation sites (N-methyl/N-ethyl adjacent to an activating group) is 1. The molecule has 10 atom stereocenters. The highest BCUT2D eigenvalue weighted by molar-refractivity contribution is 6.12. The largest absolute Gasteiger partial charge is 0.457 e. The van der Waals surface area contributed by atoms with Crippen LogP contribution < -0.4 is 0 Å². The fourth-order valence-corrected chi connectivity index (χ4v) is 8.31. The van der Waals surface area contributed by atoms with E-state index in [0.29, 0.717) is 38.9 Å². The van der Waals surface area contributed by atoms with Gasteiger partial charge in [-0.1, -0.05) is 51.5 Å². The number of piperazine rings is 1. The summed E-state index contributed by atoms with van der Waals surface area (Å²) in [6.07, 6.45) is 13.0. The summed E-state index contributed by atoms with van der Waals surface area (Å²) in [5, 5.41) is 32.2. The third kappa shape index (κ3) is 14.1. The van der Waals surface area contributed by atoms with Crippen LogP contribution in [0.4, 0.5) is 4.79 Å². The number of rotatable bonds is 17. The number of allylic oxidation sites excluding steroid dienone is 2. The van der Waals surface area contributed by atoms with Crippen LogP contribution in [0.15, 0.2) is 48.1 Å². The maximum absolute atomic E-state index is 13.7. The molecular formula is C45H72N3O11+. The number of imide groups is 1. The van der Waals surface area contributed by atoms with E-state index in [9.17, 15) is 34.5 Å². The number of epoxide rings is 1. The number of esters is 1. The van der Waals surface area contributed by atoms with Crippen LogP contribution in [-0.4, -0.2) is 155 Å². The molecule has 0 aliphatic carbocycles. The van der Waals surface area contributed by atoms with Crippen molar-refractivity contribution in [2.45, 2.75) is 147 Å². The molecule has 0 unspecified atom stereocenters. The Balaban J connectivity index is 1.36. The molecule has 2 fully saturated rings. The molecule has 0 bridgehead atoms. The van der Waals surface area contributed by atoms with E-state index in [-0.39, 0.29) is 48.7 Å². The third-order valence-corrected chi connectivity index (χ3v) is 12.8. The van der Waals surface area contributed by atoms with Crippen molar-refractivity contribution in [3.63, 3.8) is 0 Å². The quantitative estimate of drug-likeness (QED) is 0.0355. The maximum Gasteiger partial charge on any atom is 0.410 e. The van der Waals surface area contributed by atoms with E-state index in [1.54, 1.807) is 43.2 Å². The lowest BCUT2D eigenvalue weighted by molar-refractivity contribution is -0.913. The first-order valence-electron chi connectivity index (χ1n) is 21.7. The molecule has 3 amide bonds. The monoisotopic (exact) mass is 831 g/mol. The number of carbonyl (C=O) groups is 4. The molecule has 4 aliphatic heterocycles. The van der Waals surface area contributed by atoms with E-state index in [4.69, 9.17) is 18.9 Å². The van der Waals surface area contributed by atoms with Gasteiger partial charge in [0, 0.05) is 44.1 Å². The lowest BCUT2D eigenvalue weighted by Crippen LogP contribution is -2.59. The zero-order chi connectivity index (χ0) is 43.5. The van der Waals surface area contributed by atoms with Crippen molar-refractivity contribution >= 4 is 23.9 Å². The van der Waals surface area contributed by atoms with Crippen molar-refractivity contribution in [2.24, 2.45) is 11.8 Å². The molecule has 0 saturated carbocycles. The molecular weight excluding hydrogens is 759 g/mol. The van der Waals surface area contributed by atoms with E-state index in [1.807, 2.05) is 40.7 Å². The Kier molecular flexibility index (Phi) is 17.5. The van der Waals surface area contributed by atoms with Crippen LogP contribution in [-0.2, 0) is 33.3 Å². The fraction of sp³-hybridized carbons (Fsp3) is 0.733. The molecule has 0 aromatic heterocycles. The van der Waals surface area contributed by atoms with Gasteiger partial charge in [-0.05, 0) is 70.9 Å². The first-order valence-corrected chi connectivity index (χ1v) is 21.7. The first kappa shape index (κ1) is 48.3. The summed E-state index contributed by atoms with van der Waals surface area (Å²) in [6, 6.07) is 0. The van der Waals surface area contributed by atoms with Gasteiger partial charge in [-0.15, -0.1) is 0 Å². The highest BCUT2D eigenvalue weighted by atomic mass is 16.6. The van der Waals surface area contributed by atoms with Gasteiger partial charge in [0.05, 0.1) is 76.2 Å². The average Bonchev–Trinajstić information content (AvgIpc) is 3.87. The van der Waals surface area contributed by atoms with Gasteiger partial charge in [0.15, 0.2) is 6.10 Å². The summed E-state index contributed by atoms with van der Waals surface area (Å²) in [6.45, 7) is 15.2. The summed E-state index contributed by atoms with van der Waals surface area (Å²) in [7, 11) is 3.76. The van der Waals surface area contributed by atoms with Crippen LogP contribution in [0, 0.1) is 11.8 Å². The number of aliphatic hydroxyl groups excluding tert-OH is 2. The van der Waals surface area contributed by atoms with Gasteiger partial charge in [-0.3, -0.25) is 24.2 Å². The van der Waals surface area contributed by atoms with Crippen LogP contribution in [0.3, 0.4) is 0 Å². The van der Waals surface area contributed by atoms with Crippen molar-refractivity contribution in [1.29, 1.82) is 0 Å². The highest BCUT2D eigenvalue weighted by Crippen LogP contribution is 2.38. The summed E-state index contributed by atoms with van der Waals surface area (Å²) < 4.78 is 24.8. The summed E-state index contributed by atoms with van der Waals surface area (Å²) in [4.78, 5) is 53.4. The lowest BCUT2D eigenvalue weighted by atomic mass is 9.88. The maximum atomic E-state index is 13.7. The number of amides is 3. The molecule has 0 radical (unpaired) electrons. The van der Waals surface area contributed by atoms with Crippen molar-refractivity contribution in [3.05, 3.63) is 48.1 Å². The minimum Gasteiger partial charge on any atom is -0.457 e. The van der Waals surface area contributed by atoms with E-state index in [0.717, 1.165) is 55.4 Å². The van der Waals surface area contributed by atoms with Gasteiger partial charge in [0.2, 0.25) is 0 Å². The van der Waals surface area contributed by atoms with Gasteiger partial charge in [0.1, 0.15) is 11.7 Å². The smallest absolute Gasteiger partial charge is 0.410 e. The van der Waals surface area contributed by atoms with Crippen molar-refractivity contribution < 1.29 is 57.9 Å². The summed E-state index contributed by atoms with van der Waals surface area (Å²) >= 11 is 0. The Hall–Kier alpha value is -3.40. The topological polar surface area (TPSA) is 176 Å². The number of carbonyl (C=O) groups excluding carboxylic acids is 4. The second kappa shape index (κ2) is 21.4. The van der Waals surface area contributed by atoms with Gasteiger partial charge >= 0.3 is 12.1 Å². The Morgan fingerprint density at radius 1 is 1.12 bits per heavy atom. The van der Waals surface area contributed by atoms with E-state index in [1.165, 1.54) is 17.1 Å².